The van der Waals surface area contributed by atoms with Crippen LogP contribution in [0.2, 0.25) is 0 Å². The number of hydrogen-bond acceptors (Lipinski definition) is 4. The highest BCUT2D eigenvalue weighted by atomic mass is 32.2. The maximum absolute atomic E-state index is 12.6. The van der Waals surface area contributed by atoms with Gasteiger partial charge in [0.1, 0.15) is 0 Å². The molecule has 1 fully saturated rings. The fourth-order valence-electron chi connectivity index (χ4n) is 2.89. The largest absolute Gasteiger partial charge is 0.383 e. The SMILES string of the molecule is COCCN(C)S(=O)(=O)C1CCCN(Cc2cccn2C)C1. The third kappa shape index (κ3) is 4.10. The van der Waals surface area contributed by atoms with E-state index in [0.717, 1.165) is 25.9 Å². The number of nitrogens with zero attached hydrogens (tertiary/aromatic N) is 3. The van der Waals surface area contributed by atoms with Crippen LogP contribution in [0.1, 0.15) is 18.5 Å². The summed E-state index contributed by atoms with van der Waals surface area (Å²) in [5.74, 6) is 0. The van der Waals surface area contributed by atoms with Gasteiger partial charge < -0.3 is 9.30 Å². The van der Waals surface area contributed by atoms with Crippen molar-refractivity contribution in [2.24, 2.45) is 7.05 Å². The lowest BCUT2D eigenvalue weighted by atomic mass is 10.1. The van der Waals surface area contributed by atoms with Crippen molar-refractivity contribution in [2.75, 3.05) is 40.4 Å². The minimum atomic E-state index is -3.25. The molecule has 1 aliphatic heterocycles. The summed E-state index contributed by atoms with van der Waals surface area (Å²) >= 11 is 0. The van der Waals surface area contributed by atoms with Crippen LogP contribution in [0.15, 0.2) is 18.3 Å². The summed E-state index contributed by atoms with van der Waals surface area (Å²) < 4.78 is 33.8. The molecule has 0 spiro atoms. The molecule has 126 valence electrons. The topological polar surface area (TPSA) is 54.8 Å². The maximum atomic E-state index is 12.6. The molecule has 6 nitrogen and oxygen atoms in total. The Hall–Kier alpha value is -0.890. The van der Waals surface area contributed by atoms with Crippen LogP contribution in [-0.4, -0.2) is 67.8 Å². The molecular formula is C15H27N3O3S. The smallest absolute Gasteiger partial charge is 0.218 e. The van der Waals surface area contributed by atoms with Crippen molar-refractivity contribution in [3.63, 3.8) is 0 Å². The fourth-order valence-corrected chi connectivity index (χ4v) is 4.59. The van der Waals surface area contributed by atoms with Crippen LogP contribution in [0, 0.1) is 0 Å². The number of likely N-dealkylation sites (tertiary alicyclic amines) is 1. The summed E-state index contributed by atoms with van der Waals surface area (Å²) in [5, 5.41) is -0.316. The van der Waals surface area contributed by atoms with Crippen LogP contribution in [0.3, 0.4) is 0 Å². The van der Waals surface area contributed by atoms with Gasteiger partial charge in [0.15, 0.2) is 0 Å². The molecule has 1 atom stereocenters. The summed E-state index contributed by atoms with van der Waals surface area (Å²) in [6.07, 6.45) is 3.68. The summed E-state index contributed by atoms with van der Waals surface area (Å²) in [7, 11) is 2.00. The normalized spacial score (nSPS) is 20.6. The van der Waals surface area contributed by atoms with Gasteiger partial charge in [-0.05, 0) is 31.5 Å². The number of methoxy groups -OCH3 is 1. The fraction of sp³-hybridized carbons (Fsp3) is 0.733. The van der Waals surface area contributed by atoms with E-state index >= 15 is 0 Å². The minimum absolute atomic E-state index is 0.316. The van der Waals surface area contributed by atoms with Crippen molar-refractivity contribution in [1.82, 2.24) is 13.8 Å². The zero-order valence-corrected chi connectivity index (χ0v) is 14.6. The van der Waals surface area contributed by atoms with E-state index in [9.17, 15) is 8.42 Å². The number of likely N-dealkylation sites (N-methyl/N-ethyl adjacent to an activating group) is 1. The Morgan fingerprint density at radius 1 is 1.45 bits per heavy atom. The number of hydrogen-bond donors (Lipinski definition) is 0. The van der Waals surface area contributed by atoms with Crippen LogP contribution in [0.25, 0.3) is 0 Å². The van der Waals surface area contributed by atoms with Crippen molar-refractivity contribution in [2.45, 2.75) is 24.6 Å². The van der Waals surface area contributed by atoms with Crippen LogP contribution in [0.4, 0.5) is 0 Å². The molecular weight excluding hydrogens is 302 g/mol. The number of aromatic nitrogens is 1. The summed E-state index contributed by atoms with van der Waals surface area (Å²) in [4.78, 5) is 2.24. The summed E-state index contributed by atoms with van der Waals surface area (Å²) in [6, 6.07) is 4.11. The van der Waals surface area contributed by atoms with E-state index in [1.54, 1.807) is 14.2 Å². The highest BCUT2D eigenvalue weighted by molar-refractivity contribution is 7.89. The molecule has 0 saturated carbocycles. The molecule has 0 aliphatic carbocycles. The number of aryl methyl sites for hydroxylation is 1. The molecule has 1 saturated heterocycles. The molecule has 2 heterocycles. The van der Waals surface area contributed by atoms with Gasteiger partial charge in [-0.3, -0.25) is 4.90 Å². The van der Waals surface area contributed by atoms with Crippen molar-refractivity contribution in [1.29, 1.82) is 0 Å². The van der Waals surface area contributed by atoms with Gasteiger partial charge in [0.05, 0.1) is 11.9 Å². The maximum Gasteiger partial charge on any atom is 0.218 e. The molecule has 0 radical (unpaired) electrons. The van der Waals surface area contributed by atoms with Gasteiger partial charge >= 0.3 is 0 Å². The van der Waals surface area contributed by atoms with E-state index < -0.39 is 10.0 Å². The van der Waals surface area contributed by atoms with Gasteiger partial charge in [-0.15, -0.1) is 0 Å². The van der Waals surface area contributed by atoms with Gasteiger partial charge in [-0.25, -0.2) is 12.7 Å². The van der Waals surface area contributed by atoms with E-state index in [-0.39, 0.29) is 5.25 Å². The lowest BCUT2D eigenvalue weighted by Crippen LogP contribution is -2.47. The molecule has 0 aromatic carbocycles. The predicted octanol–water partition coefficient (Wildman–Crippen LogP) is 0.898. The molecule has 2 rings (SSSR count). The quantitative estimate of drug-likeness (QED) is 0.746. The average Bonchev–Trinajstić information content (AvgIpc) is 2.90. The first-order valence-corrected chi connectivity index (χ1v) is 9.22. The van der Waals surface area contributed by atoms with E-state index in [4.69, 9.17) is 4.74 Å². The van der Waals surface area contributed by atoms with Gasteiger partial charge in [0.25, 0.3) is 0 Å². The average molecular weight is 329 g/mol. The Morgan fingerprint density at radius 2 is 2.23 bits per heavy atom. The van der Waals surface area contributed by atoms with E-state index in [1.165, 1.54) is 10.00 Å². The van der Waals surface area contributed by atoms with Crippen molar-refractivity contribution < 1.29 is 13.2 Å². The second-order valence-corrected chi connectivity index (χ2v) is 8.29. The van der Waals surface area contributed by atoms with Gasteiger partial charge in [0, 0.05) is 52.7 Å². The minimum Gasteiger partial charge on any atom is -0.383 e. The molecule has 22 heavy (non-hydrogen) atoms. The van der Waals surface area contributed by atoms with Crippen molar-refractivity contribution in [3.05, 3.63) is 24.0 Å². The van der Waals surface area contributed by atoms with Crippen molar-refractivity contribution >= 4 is 10.0 Å². The van der Waals surface area contributed by atoms with E-state index in [2.05, 4.69) is 15.5 Å². The second kappa shape index (κ2) is 7.59. The number of rotatable bonds is 7. The molecule has 0 amide bonds. The molecule has 0 N–H and O–H groups in total. The Labute approximate surface area is 133 Å². The molecule has 1 aromatic rings. The highest BCUT2D eigenvalue weighted by Crippen LogP contribution is 2.21. The Balaban J connectivity index is 1.99. The molecule has 0 bridgehead atoms. The monoisotopic (exact) mass is 329 g/mol. The molecule has 1 aliphatic rings. The third-order valence-corrected chi connectivity index (χ3v) is 6.64. The lowest BCUT2D eigenvalue weighted by molar-refractivity contribution is 0.182. The summed E-state index contributed by atoms with van der Waals surface area (Å²) in [6.45, 7) is 3.20. The van der Waals surface area contributed by atoms with E-state index in [0.29, 0.717) is 19.7 Å². The standard InChI is InChI=1S/C15H27N3O3S/c1-16-8-4-6-14(16)12-18-9-5-7-15(13-18)22(19,20)17(2)10-11-21-3/h4,6,8,15H,5,7,9-13H2,1-3H3. The highest BCUT2D eigenvalue weighted by Gasteiger charge is 2.33. The van der Waals surface area contributed by atoms with Gasteiger partial charge in [0.2, 0.25) is 10.0 Å². The van der Waals surface area contributed by atoms with Gasteiger partial charge in [-0.2, -0.15) is 0 Å². The van der Waals surface area contributed by atoms with Crippen LogP contribution >= 0.6 is 0 Å². The second-order valence-electron chi connectivity index (χ2n) is 5.97. The lowest BCUT2D eigenvalue weighted by Gasteiger charge is -2.34. The van der Waals surface area contributed by atoms with Gasteiger partial charge in [-0.1, -0.05) is 0 Å². The van der Waals surface area contributed by atoms with Crippen LogP contribution in [0.5, 0.6) is 0 Å². The number of piperidine rings is 1. The third-order valence-electron chi connectivity index (χ3n) is 4.37. The van der Waals surface area contributed by atoms with Crippen molar-refractivity contribution in [3.8, 4) is 0 Å². The Morgan fingerprint density at radius 3 is 2.86 bits per heavy atom. The molecule has 1 unspecified atom stereocenters. The van der Waals surface area contributed by atoms with Crippen LogP contribution < -0.4 is 0 Å². The first kappa shape index (κ1) is 17.5. The first-order chi connectivity index (χ1) is 10.4. The Kier molecular flexibility index (Phi) is 6.02. The zero-order chi connectivity index (χ0) is 16.2. The number of ether oxygens (including phenoxy) is 1. The first-order valence-electron chi connectivity index (χ1n) is 7.72. The Bertz CT molecular complexity index is 570. The van der Waals surface area contributed by atoms with Crippen LogP contribution in [-0.2, 0) is 28.4 Å². The van der Waals surface area contributed by atoms with E-state index in [1.807, 2.05) is 19.3 Å². The zero-order valence-electron chi connectivity index (χ0n) is 13.7. The molecule has 7 heteroatoms. The molecule has 1 aromatic heterocycles. The predicted molar refractivity (Wildman–Crippen MR) is 87.1 cm³/mol. The number of sulfonamides is 1. The summed E-state index contributed by atoms with van der Waals surface area (Å²) in [5.41, 5.74) is 1.21.